The molecule has 0 aromatic rings. The molecule has 0 aromatic heterocycles. The van der Waals surface area contributed by atoms with Crippen LogP contribution in [0.2, 0.25) is 0 Å². The largest absolute Gasteiger partial charge is 0.465 e. The molecule has 50 heavy (non-hydrogen) atoms. The van der Waals surface area contributed by atoms with Gasteiger partial charge in [-0.2, -0.15) is 0 Å². The van der Waals surface area contributed by atoms with E-state index in [1.54, 1.807) is 0 Å². The van der Waals surface area contributed by atoms with Crippen molar-refractivity contribution in [3.8, 4) is 0 Å². The maximum atomic E-state index is 13.3. The number of ketones is 1. The minimum Gasteiger partial charge on any atom is -0.465 e. The molecule has 2 aliphatic heterocycles. The van der Waals surface area contributed by atoms with Gasteiger partial charge < -0.3 is 69.7 Å². The summed E-state index contributed by atoms with van der Waals surface area (Å²) in [7, 11) is 2.39. The van der Waals surface area contributed by atoms with Crippen molar-refractivity contribution in [2.75, 3.05) is 47.2 Å². The summed E-state index contributed by atoms with van der Waals surface area (Å²) in [6, 6.07) is -1.54. The normalized spacial score (nSPS) is 31.3. The molecule has 2 fully saturated rings. The molecule has 0 bridgehead atoms. The summed E-state index contributed by atoms with van der Waals surface area (Å²) in [6.45, 7) is 6.95. The minimum atomic E-state index is -2.54. The summed E-state index contributed by atoms with van der Waals surface area (Å²) in [5.74, 6) is -5.13. The van der Waals surface area contributed by atoms with Crippen molar-refractivity contribution in [2.45, 2.75) is 114 Å². The van der Waals surface area contributed by atoms with Gasteiger partial charge >= 0.3 is 12.1 Å². The number of hydrogen-bond donors (Lipinski definition) is 8. The molecule has 0 aliphatic carbocycles. The van der Waals surface area contributed by atoms with Gasteiger partial charge in [0.05, 0.1) is 50.8 Å². The van der Waals surface area contributed by atoms with Crippen LogP contribution in [0.15, 0.2) is 0 Å². The number of amides is 2. The first-order valence-electron chi connectivity index (χ1n) is 16.7. The van der Waals surface area contributed by atoms with E-state index in [1.165, 1.54) is 14.0 Å². The molecule has 18 heteroatoms. The molecule has 0 saturated carbocycles. The van der Waals surface area contributed by atoms with Crippen molar-refractivity contribution >= 4 is 23.8 Å². The van der Waals surface area contributed by atoms with E-state index in [1.807, 2.05) is 27.7 Å². The predicted molar refractivity (Wildman–Crippen MR) is 171 cm³/mol. The molecule has 0 radical (unpaired) electrons. The number of alkyl carbamates (subject to hydrolysis) is 1. The van der Waals surface area contributed by atoms with Crippen LogP contribution in [-0.2, 0) is 42.8 Å². The van der Waals surface area contributed by atoms with Gasteiger partial charge in [-0.3, -0.25) is 9.59 Å². The fourth-order valence-electron chi connectivity index (χ4n) is 7.19. The van der Waals surface area contributed by atoms with E-state index in [0.717, 1.165) is 7.11 Å². The second-order valence-corrected chi connectivity index (χ2v) is 13.6. The minimum absolute atomic E-state index is 0.0135. The average Bonchev–Trinajstić information content (AvgIpc) is 3.04. The second-order valence-electron chi connectivity index (χ2n) is 13.6. The van der Waals surface area contributed by atoms with Gasteiger partial charge in [-0.05, 0) is 24.7 Å². The summed E-state index contributed by atoms with van der Waals surface area (Å²) >= 11 is 0. The van der Waals surface area contributed by atoms with E-state index in [0.29, 0.717) is 0 Å². The van der Waals surface area contributed by atoms with Gasteiger partial charge in [0, 0.05) is 26.4 Å². The third-order valence-electron chi connectivity index (χ3n) is 9.02. The lowest BCUT2D eigenvalue weighted by Gasteiger charge is -2.52. The zero-order chi connectivity index (χ0) is 38.0. The first-order chi connectivity index (χ1) is 23.4. The Bertz CT molecular complexity index is 1120. The van der Waals surface area contributed by atoms with Crippen LogP contribution in [0.1, 0.15) is 53.9 Å². The highest BCUT2D eigenvalue weighted by Gasteiger charge is 2.58. The first kappa shape index (κ1) is 43.6. The zero-order valence-electron chi connectivity index (χ0n) is 29.8. The van der Waals surface area contributed by atoms with Crippen molar-refractivity contribution in [1.82, 2.24) is 10.6 Å². The van der Waals surface area contributed by atoms with Crippen molar-refractivity contribution in [1.29, 1.82) is 0 Å². The average molecular weight is 725 g/mol. The Morgan fingerprint density at radius 1 is 0.940 bits per heavy atom. The number of esters is 1. The first-order valence-corrected chi connectivity index (χ1v) is 16.7. The molecule has 0 spiro atoms. The van der Waals surface area contributed by atoms with Crippen LogP contribution in [0.5, 0.6) is 0 Å². The highest BCUT2D eigenvalue weighted by molar-refractivity contribution is 5.82. The van der Waals surface area contributed by atoms with Gasteiger partial charge in [0.2, 0.25) is 5.91 Å². The Labute approximate surface area is 291 Å². The van der Waals surface area contributed by atoms with Gasteiger partial charge in [0.25, 0.3) is 5.79 Å². The molecule has 8 N–H and O–H groups in total. The fourth-order valence-corrected chi connectivity index (χ4v) is 7.19. The predicted octanol–water partition coefficient (Wildman–Crippen LogP) is -2.25. The molecule has 2 aliphatic rings. The van der Waals surface area contributed by atoms with E-state index in [9.17, 15) is 49.8 Å². The molecule has 18 nitrogen and oxygen atoms in total. The summed E-state index contributed by atoms with van der Waals surface area (Å²) in [5, 5.41) is 68.7. The molecule has 10 atom stereocenters. The quantitative estimate of drug-likeness (QED) is 0.0548. The van der Waals surface area contributed by atoms with Crippen LogP contribution in [-0.4, -0.2) is 162 Å². The Balaban J connectivity index is 2.41. The summed E-state index contributed by atoms with van der Waals surface area (Å²) in [6.07, 6.45) is -13.5. The molecule has 2 rings (SSSR count). The molecular weight excluding hydrogens is 668 g/mol. The van der Waals surface area contributed by atoms with Crippen LogP contribution < -0.4 is 10.6 Å². The number of carbonyl (C=O) groups excluding carboxylic acids is 4. The number of aliphatic hydroxyl groups excluding tert-OH is 6. The topological polar surface area (TPSA) is 269 Å². The van der Waals surface area contributed by atoms with Crippen LogP contribution in [0.25, 0.3) is 0 Å². The van der Waals surface area contributed by atoms with Gasteiger partial charge in [0.15, 0.2) is 0 Å². The summed E-state index contributed by atoms with van der Waals surface area (Å²) in [5.41, 5.74) is -1.23. The van der Waals surface area contributed by atoms with Crippen molar-refractivity contribution in [3.63, 3.8) is 0 Å². The SMILES string of the molecule is COCCOC(=O)NCC(=O)N[C@H]1C([C@H](O)[C@H](O)CO)O[C@@](OCC2O[C@@](CC(C)=O)(C(C(C)C)C(C)C)C[C@@H](O)[C@H]2O)(C(=O)OC)C[C@H]1O. The van der Waals surface area contributed by atoms with Crippen molar-refractivity contribution in [3.05, 3.63) is 0 Å². The third-order valence-corrected chi connectivity index (χ3v) is 9.02. The number of methoxy groups -OCH3 is 2. The number of ether oxygens (including phenoxy) is 6. The number of nitrogens with one attached hydrogen (secondary N) is 2. The lowest BCUT2D eigenvalue weighted by Crippen LogP contribution is -2.69. The molecular formula is C32H56N2O16. The number of Topliss-reactive ketones (excluding diaryl/α,β-unsaturated/α-hetero) is 1. The Morgan fingerprint density at radius 2 is 1.58 bits per heavy atom. The Hall–Kier alpha value is -2.52. The second kappa shape index (κ2) is 19.4. The maximum Gasteiger partial charge on any atom is 0.407 e. The Kier molecular flexibility index (Phi) is 16.9. The molecule has 2 amide bonds. The van der Waals surface area contributed by atoms with Crippen LogP contribution in [0.4, 0.5) is 4.79 Å². The molecule has 0 aromatic carbocycles. The van der Waals surface area contributed by atoms with E-state index >= 15 is 0 Å². The highest BCUT2D eigenvalue weighted by atomic mass is 16.7. The van der Waals surface area contributed by atoms with E-state index in [4.69, 9.17) is 28.4 Å². The highest BCUT2D eigenvalue weighted by Crippen LogP contribution is 2.45. The standard InChI is InChI=1S/C32H56N2O16/c1-16(2)24(17(3)4)31(10-18(5)36)11-20(38)26(41)22(49-31)15-48-32(29(43)46-7)12-19(37)25(28(50-32)27(42)21(39)14-35)34-23(40)13-33-30(44)47-9-8-45-6/h16-17,19-22,24-28,35,37-39,41-42H,8-15H2,1-7H3,(H,33,44)(H,34,40)/t19-,20-,21-,22?,25-,26-,27-,28?,31-,32-/m1/s1. The van der Waals surface area contributed by atoms with Gasteiger partial charge in [-0.1, -0.05) is 27.7 Å². The van der Waals surface area contributed by atoms with Gasteiger partial charge in [-0.15, -0.1) is 0 Å². The fraction of sp³-hybridized carbons (Fsp3) is 0.875. The van der Waals surface area contributed by atoms with Crippen LogP contribution in [0.3, 0.4) is 0 Å². The van der Waals surface area contributed by atoms with E-state index in [-0.39, 0.29) is 49.6 Å². The number of hydrogen-bond acceptors (Lipinski definition) is 16. The zero-order valence-corrected chi connectivity index (χ0v) is 29.8. The summed E-state index contributed by atoms with van der Waals surface area (Å²) in [4.78, 5) is 50.4. The number of rotatable bonds is 18. The summed E-state index contributed by atoms with van der Waals surface area (Å²) < 4.78 is 32.8. The van der Waals surface area contributed by atoms with Gasteiger partial charge in [-0.25, -0.2) is 9.59 Å². The molecule has 290 valence electrons. The smallest absolute Gasteiger partial charge is 0.407 e. The van der Waals surface area contributed by atoms with Gasteiger partial charge in [0.1, 0.15) is 49.5 Å². The monoisotopic (exact) mass is 724 g/mol. The van der Waals surface area contributed by atoms with Crippen molar-refractivity contribution in [2.24, 2.45) is 17.8 Å². The molecule has 2 heterocycles. The van der Waals surface area contributed by atoms with E-state index < -0.39 is 104 Å². The third kappa shape index (κ3) is 11.0. The lowest BCUT2D eigenvalue weighted by atomic mass is 9.66. The number of aliphatic hydroxyl groups is 6. The van der Waals surface area contributed by atoms with Crippen LogP contribution >= 0.6 is 0 Å². The lowest BCUT2D eigenvalue weighted by molar-refractivity contribution is -0.329. The van der Waals surface area contributed by atoms with Crippen molar-refractivity contribution < 1.29 is 78.2 Å². The van der Waals surface area contributed by atoms with Crippen LogP contribution in [0, 0.1) is 17.8 Å². The maximum absolute atomic E-state index is 13.3. The molecule has 2 unspecified atom stereocenters. The Morgan fingerprint density at radius 3 is 2.12 bits per heavy atom. The number of carbonyl (C=O) groups is 4. The van der Waals surface area contributed by atoms with E-state index in [2.05, 4.69) is 10.6 Å². The molecule has 2 saturated heterocycles.